The highest BCUT2D eigenvalue weighted by atomic mass is 35.5. The Labute approximate surface area is 158 Å². The van der Waals surface area contributed by atoms with Gasteiger partial charge < -0.3 is 0 Å². The molecule has 0 saturated carbocycles. The molecule has 0 fully saturated rings. The van der Waals surface area contributed by atoms with Crippen molar-refractivity contribution in [2.24, 2.45) is 0 Å². The highest BCUT2D eigenvalue weighted by molar-refractivity contribution is 7.97. The van der Waals surface area contributed by atoms with Crippen molar-refractivity contribution in [1.29, 1.82) is 0 Å². The fraction of sp³-hybridized carbons (Fsp3) is 0. The standard InChI is InChI=1S/C18H11Cl4S/c19-12-1-5-16(6-2-12)23(17-7-3-13(20)4-8-17)18-10-14(21)9-15(22)11-18/h1-11H/q+1. The van der Waals surface area contributed by atoms with Crippen LogP contribution >= 0.6 is 46.4 Å². The molecule has 0 nitrogen and oxygen atoms in total. The molecule has 0 radical (unpaired) electrons. The lowest BCUT2D eigenvalue weighted by Crippen LogP contribution is -2.04. The van der Waals surface area contributed by atoms with E-state index in [1.165, 1.54) is 0 Å². The van der Waals surface area contributed by atoms with Gasteiger partial charge in [-0.15, -0.1) is 0 Å². The van der Waals surface area contributed by atoms with E-state index in [0.29, 0.717) is 20.1 Å². The fourth-order valence-corrected chi connectivity index (χ4v) is 5.23. The van der Waals surface area contributed by atoms with Crippen molar-refractivity contribution in [3.63, 3.8) is 0 Å². The molecule has 0 saturated heterocycles. The van der Waals surface area contributed by atoms with Crippen LogP contribution in [-0.2, 0) is 10.9 Å². The normalized spacial score (nSPS) is 11.0. The molecule has 3 aromatic rings. The van der Waals surface area contributed by atoms with E-state index in [-0.39, 0.29) is 10.9 Å². The molecule has 3 aromatic carbocycles. The first kappa shape index (κ1) is 17.0. The van der Waals surface area contributed by atoms with Gasteiger partial charge in [0.1, 0.15) is 0 Å². The van der Waals surface area contributed by atoms with Crippen molar-refractivity contribution in [3.05, 3.63) is 86.8 Å². The Morgan fingerprint density at radius 2 is 0.826 bits per heavy atom. The largest absolute Gasteiger partial charge is 0.169 e. The zero-order chi connectivity index (χ0) is 16.4. The minimum Gasteiger partial charge on any atom is -0.0843 e. The van der Waals surface area contributed by atoms with Crippen LogP contribution in [0.2, 0.25) is 20.1 Å². The maximum Gasteiger partial charge on any atom is 0.169 e. The predicted molar refractivity (Wildman–Crippen MR) is 102 cm³/mol. The Bertz CT molecular complexity index is 748. The molecule has 0 heterocycles. The summed E-state index contributed by atoms with van der Waals surface area (Å²) >= 11 is 24.4. The topological polar surface area (TPSA) is 0 Å². The summed E-state index contributed by atoms with van der Waals surface area (Å²) in [4.78, 5) is 3.32. The van der Waals surface area contributed by atoms with Gasteiger partial charge in [-0.3, -0.25) is 0 Å². The molecule has 0 amide bonds. The van der Waals surface area contributed by atoms with Gasteiger partial charge in [0.25, 0.3) is 0 Å². The molecular weight excluding hydrogens is 390 g/mol. The van der Waals surface area contributed by atoms with Crippen LogP contribution in [0.1, 0.15) is 0 Å². The summed E-state index contributed by atoms with van der Waals surface area (Å²) in [5.74, 6) is 0. The van der Waals surface area contributed by atoms with Crippen molar-refractivity contribution in [3.8, 4) is 0 Å². The average molecular weight is 401 g/mol. The van der Waals surface area contributed by atoms with Crippen LogP contribution in [0.5, 0.6) is 0 Å². The third-order valence-electron chi connectivity index (χ3n) is 3.17. The van der Waals surface area contributed by atoms with Crippen LogP contribution in [0, 0.1) is 0 Å². The Balaban J connectivity index is 2.16. The van der Waals surface area contributed by atoms with Crippen LogP contribution < -0.4 is 0 Å². The molecule has 0 aliphatic heterocycles. The fourth-order valence-electron chi connectivity index (χ4n) is 2.20. The quantitative estimate of drug-likeness (QED) is 0.402. The van der Waals surface area contributed by atoms with Crippen LogP contribution in [0.15, 0.2) is 81.4 Å². The lowest BCUT2D eigenvalue weighted by molar-refractivity contribution is 1.32. The van der Waals surface area contributed by atoms with Gasteiger partial charge in [0, 0.05) is 32.2 Å². The zero-order valence-electron chi connectivity index (χ0n) is 11.8. The van der Waals surface area contributed by atoms with Crippen LogP contribution in [0.3, 0.4) is 0 Å². The first-order chi connectivity index (χ1) is 11.0. The van der Waals surface area contributed by atoms with Gasteiger partial charge in [0.15, 0.2) is 14.7 Å². The molecule has 116 valence electrons. The van der Waals surface area contributed by atoms with Crippen molar-refractivity contribution in [2.45, 2.75) is 14.7 Å². The van der Waals surface area contributed by atoms with Gasteiger partial charge in [0.05, 0.1) is 10.9 Å². The Hall–Kier alpha value is -0.830. The van der Waals surface area contributed by atoms with Gasteiger partial charge in [-0.25, -0.2) is 0 Å². The molecule has 0 spiro atoms. The zero-order valence-corrected chi connectivity index (χ0v) is 15.6. The molecular formula is C18H11Cl4S+. The van der Waals surface area contributed by atoms with Gasteiger partial charge in [-0.1, -0.05) is 46.4 Å². The SMILES string of the molecule is Clc1ccc([S+](c2ccc(Cl)cc2)c2cc(Cl)cc(Cl)c2)cc1. The Morgan fingerprint density at radius 3 is 1.22 bits per heavy atom. The first-order valence-electron chi connectivity index (χ1n) is 6.74. The molecule has 0 bridgehead atoms. The number of rotatable bonds is 3. The number of hydrogen-bond acceptors (Lipinski definition) is 0. The molecule has 0 aliphatic rings. The first-order valence-corrected chi connectivity index (χ1v) is 9.48. The highest BCUT2D eigenvalue weighted by Crippen LogP contribution is 2.35. The molecule has 3 rings (SSSR count). The van der Waals surface area contributed by atoms with E-state index < -0.39 is 0 Å². The molecule has 5 heteroatoms. The van der Waals surface area contributed by atoms with Crippen molar-refractivity contribution in [2.75, 3.05) is 0 Å². The minimum absolute atomic E-state index is 0.338. The summed E-state index contributed by atoms with van der Waals surface area (Å²) in [5, 5.41) is 2.65. The lowest BCUT2D eigenvalue weighted by atomic mass is 10.3. The monoisotopic (exact) mass is 399 g/mol. The van der Waals surface area contributed by atoms with Gasteiger partial charge in [-0.05, 0) is 54.6 Å². The van der Waals surface area contributed by atoms with E-state index in [4.69, 9.17) is 46.4 Å². The van der Waals surface area contributed by atoms with Gasteiger partial charge in [-0.2, -0.15) is 0 Å². The second-order valence-electron chi connectivity index (χ2n) is 4.82. The molecule has 0 atom stereocenters. The second kappa shape index (κ2) is 7.38. The van der Waals surface area contributed by atoms with E-state index in [0.717, 1.165) is 14.7 Å². The number of hydrogen-bond donors (Lipinski definition) is 0. The summed E-state index contributed by atoms with van der Waals surface area (Å²) in [7, 11) is -0.338. The third kappa shape index (κ3) is 4.17. The maximum atomic E-state index is 6.20. The molecule has 0 aliphatic carbocycles. The van der Waals surface area contributed by atoms with Crippen molar-refractivity contribution in [1.82, 2.24) is 0 Å². The Kier molecular flexibility index (Phi) is 5.45. The van der Waals surface area contributed by atoms with E-state index >= 15 is 0 Å². The highest BCUT2D eigenvalue weighted by Gasteiger charge is 2.29. The third-order valence-corrected chi connectivity index (χ3v) is 6.31. The Morgan fingerprint density at radius 1 is 0.435 bits per heavy atom. The number of halogens is 4. The summed E-state index contributed by atoms with van der Waals surface area (Å²) < 4.78 is 0. The smallest absolute Gasteiger partial charge is 0.0843 e. The van der Waals surface area contributed by atoms with E-state index in [1.54, 1.807) is 6.07 Å². The summed E-state index contributed by atoms with van der Waals surface area (Å²) in [6.45, 7) is 0. The van der Waals surface area contributed by atoms with Gasteiger partial charge in [0.2, 0.25) is 0 Å². The minimum atomic E-state index is -0.338. The molecule has 0 unspecified atom stereocenters. The van der Waals surface area contributed by atoms with Crippen LogP contribution in [-0.4, -0.2) is 0 Å². The van der Waals surface area contributed by atoms with Crippen LogP contribution in [0.25, 0.3) is 0 Å². The van der Waals surface area contributed by atoms with E-state index in [2.05, 4.69) is 0 Å². The number of benzene rings is 3. The summed E-state index contributed by atoms with van der Waals surface area (Å²) in [5.41, 5.74) is 0. The molecule has 23 heavy (non-hydrogen) atoms. The average Bonchev–Trinajstić information content (AvgIpc) is 2.50. The van der Waals surface area contributed by atoms with Crippen LogP contribution in [0.4, 0.5) is 0 Å². The second-order valence-corrected chi connectivity index (χ2v) is 8.59. The van der Waals surface area contributed by atoms with Gasteiger partial charge >= 0.3 is 0 Å². The summed E-state index contributed by atoms with van der Waals surface area (Å²) in [6, 6.07) is 21.3. The van der Waals surface area contributed by atoms with Crippen molar-refractivity contribution >= 4 is 57.3 Å². The molecule has 0 aromatic heterocycles. The van der Waals surface area contributed by atoms with Crippen molar-refractivity contribution < 1.29 is 0 Å². The lowest BCUT2D eigenvalue weighted by Gasteiger charge is -2.09. The molecule has 0 N–H and O–H groups in total. The summed E-state index contributed by atoms with van der Waals surface area (Å²) in [6.07, 6.45) is 0. The predicted octanol–water partition coefficient (Wildman–Crippen LogP) is 7.40. The van der Waals surface area contributed by atoms with E-state index in [1.807, 2.05) is 60.7 Å². The van der Waals surface area contributed by atoms with E-state index in [9.17, 15) is 0 Å². The maximum absolute atomic E-state index is 6.20.